The van der Waals surface area contributed by atoms with Crippen LogP contribution >= 0.6 is 0 Å². The highest BCUT2D eigenvalue weighted by molar-refractivity contribution is 5.94. The fraction of sp³-hybridized carbons (Fsp3) is 0.391. The van der Waals surface area contributed by atoms with Crippen molar-refractivity contribution < 1.29 is 4.79 Å². The molecule has 0 saturated carbocycles. The van der Waals surface area contributed by atoms with Crippen molar-refractivity contribution in [1.82, 2.24) is 19.2 Å². The van der Waals surface area contributed by atoms with Gasteiger partial charge in [0.2, 0.25) is 0 Å². The van der Waals surface area contributed by atoms with Gasteiger partial charge in [0.15, 0.2) is 0 Å². The number of carbonyl (C=O) groups is 1. The lowest BCUT2D eigenvalue weighted by molar-refractivity contribution is 0.0783. The number of hydrogen-bond acceptors (Lipinski definition) is 3. The van der Waals surface area contributed by atoms with Gasteiger partial charge >= 0.3 is 0 Å². The van der Waals surface area contributed by atoms with Crippen LogP contribution in [0, 0.1) is 0 Å². The third-order valence-corrected chi connectivity index (χ3v) is 5.52. The number of fused-ring (bicyclic) bond motifs is 1. The molecule has 1 aromatic carbocycles. The molecule has 0 atom stereocenters. The average molecular weight is 377 g/mol. The van der Waals surface area contributed by atoms with E-state index in [1.165, 1.54) is 31.2 Å². The van der Waals surface area contributed by atoms with E-state index in [2.05, 4.69) is 22.0 Å². The van der Waals surface area contributed by atoms with Crippen molar-refractivity contribution in [2.75, 3.05) is 20.1 Å². The van der Waals surface area contributed by atoms with Crippen molar-refractivity contribution in [2.45, 2.75) is 38.8 Å². The van der Waals surface area contributed by atoms with E-state index in [0.717, 1.165) is 36.5 Å². The Kier molecular flexibility index (Phi) is 5.72. The standard InChI is InChI=1S/C23H28N4O/c1-25(18-21-16-24-22-11-4-7-14-27(21)22)23(28)20-10-8-9-19(15-20)17-26-12-5-2-3-6-13-26/h4,7-11,14-16H,2-3,5-6,12-13,17-18H2,1H3. The van der Waals surface area contributed by atoms with Crippen LogP contribution in [-0.4, -0.2) is 45.2 Å². The minimum Gasteiger partial charge on any atom is -0.336 e. The first-order valence-corrected chi connectivity index (χ1v) is 10.2. The van der Waals surface area contributed by atoms with Gasteiger partial charge in [0.05, 0.1) is 18.4 Å². The van der Waals surface area contributed by atoms with Gasteiger partial charge in [-0.1, -0.05) is 31.0 Å². The van der Waals surface area contributed by atoms with E-state index in [0.29, 0.717) is 6.54 Å². The number of rotatable bonds is 5. The number of nitrogens with zero attached hydrogens (tertiary/aromatic N) is 4. The number of benzene rings is 1. The predicted molar refractivity (Wildman–Crippen MR) is 111 cm³/mol. The number of imidazole rings is 1. The van der Waals surface area contributed by atoms with Crippen LogP contribution in [0.1, 0.15) is 47.3 Å². The molecule has 0 aliphatic carbocycles. The van der Waals surface area contributed by atoms with E-state index in [1.54, 1.807) is 4.90 Å². The maximum Gasteiger partial charge on any atom is 0.253 e. The zero-order chi connectivity index (χ0) is 19.3. The second-order valence-electron chi connectivity index (χ2n) is 7.73. The molecule has 146 valence electrons. The van der Waals surface area contributed by atoms with Gasteiger partial charge in [-0.2, -0.15) is 0 Å². The maximum atomic E-state index is 13.0. The number of aromatic nitrogens is 2. The van der Waals surface area contributed by atoms with E-state index in [1.807, 2.05) is 54.2 Å². The van der Waals surface area contributed by atoms with Crippen molar-refractivity contribution in [3.63, 3.8) is 0 Å². The van der Waals surface area contributed by atoms with Crippen molar-refractivity contribution in [3.8, 4) is 0 Å². The molecule has 3 heterocycles. The largest absolute Gasteiger partial charge is 0.336 e. The lowest BCUT2D eigenvalue weighted by Crippen LogP contribution is -2.27. The smallest absolute Gasteiger partial charge is 0.253 e. The summed E-state index contributed by atoms with van der Waals surface area (Å²) in [5.74, 6) is 0.0450. The summed E-state index contributed by atoms with van der Waals surface area (Å²) in [4.78, 5) is 21.7. The number of amides is 1. The maximum absolute atomic E-state index is 13.0. The predicted octanol–water partition coefficient (Wildman–Crippen LogP) is 3.98. The van der Waals surface area contributed by atoms with Crippen LogP contribution in [0.15, 0.2) is 54.9 Å². The summed E-state index contributed by atoms with van der Waals surface area (Å²) in [7, 11) is 1.85. The van der Waals surface area contributed by atoms with Gasteiger partial charge in [0, 0.05) is 25.4 Å². The molecular formula is C23H28N4O. The van der Waals surface area contributed by atoms with Crippen molar-refractivity contribution in [1.29, 1.82) is 0 Å². The van der Waals surface area contributed by atoms with Crippen LogP contribution in [0.5, 0.6) is 0 Å². The number of carbonyl (C=O) groups excluding carboxylic acids is 1. The molecule has 1 fully saturated rings. The molecule has 5 nitrogen and oxygen atoms in total. The molecule has 1 aliphatic rings. The second-order valence-corrected chi connectivity index (χ2v) is 7.73. The Morgan fingerprint density at radius 3 is 2.71 bits per heavy atom. The van der Waals surface area contributed by atoms with E-state index in [9.17, 15) is 4.79 Å². The van der Waals surface area contributed by atoms with Crippen molar-refractivity contribution in [3.05, 3.63) is 71.7 Å². The Labute approximate surface area is 166 Å². The first-order valence-electron chi connectivity index (χ1n) is 10.2. The number of hydrogen-bond donors (Lipinski definition) is 0. The quantitative estimate of drug-likeness (QED) is 0.676. The summed E-state index contributed by atoms with van der Waals surface area (Å²) < 4.78 is 2.03. The molecule has 1 saturated heterocycles. The lowest BCUT2D eigenvalue weighted by atomic mass is 10.1. The molecule has 0 bridgehead atoms. The molecule has 4 rings (SSSR count). The highest BCUT2D eigenvalue weighted by Gasteiger charge is 2.16. The fourth-order valence-electron chi connectivity index (χ4n) is 3.99. The van der Waals surface area contributed by atoms with E-state index in [4.69, 9.17) is 0 Å². The van der Waals surface area contributed by atoms with Crippen LogP contribution < -0.4 is 0 Å². The first-order chi connectivity index (χ1) is 13.7. The average Bonchev–Trinajstić information content (AvgIpc) is 2.94. The third-order valence-electron chi connectivity index (χ3n) is 5.52. The molecule has 28 heavy (non-hydrogen) atoms. The molecule has 3 aromatic rings. The van der Waals surface area contributed by atoms with Gasteiger partial charge in [-0.3, -0.25) is 9.69 Å². The molecule has 2 aromatic heterocycles. The molecule has 1 aliphatic heterocycles. The Bertz CT molecular complexity index is 940. The van der Waals surface area contributed by atoms with Crippen molar-refractivity contribution in [2.24, 2.45) is 0 Å². The zero-order valence-corrected chi connectivity index (χ0v) is 16.6. The Hall–Kier alpha value is -2.66. The zero-order valence-electron chi connectivity index (χ0n) is 16.6. The normalized spacial score (nSPS) is 15.5. The van der Waals surface area contributed by atoms with Gasteiger partial charge in [-0.05, 0) is 55.8 Å². The monoisotopic (exact) mass is 376 g/mol. The van der Waals surface area contributed by atoms with Gasteiger partial charge in [-0.25, -0.2) is 4.98 Å². The molecular weight excluding hydrogens is 348 g/mol. The Morgan fingerprint density at radius 1 is 1.07 bits per heavy atom. The molecule has 1 amide bonds. The van der Waals surface area contributed by atoms with E-state index < -0.39 is 0 Å². The number of pyridine rings is 1. The van der Waals surface area contributed by atoms with Gasteiger partial charge < -0.3 is 9.30 Å². The lowest BCUT2D eigenvalue weighted by Gasteiger charge is -2.21. The van der Waals surface area contributed by atoms with E-state index >= 15 is 0 Å². The summed E-state index contributed by atoms with van der Waals surface area (Å²) in [6.07, 6.45) is 9.06. The van der Waals surface area contributed by atoms with Crippen LogP contribution in [0.25, 0.3) is 5.65 Å². The summed E-state index contributed by atoms with van der Waals surface area (Å²) >= 11 is 0. The molecule has 0 unspecified atom stereocenters. The first kappa shape index (κ1) is 18.7. The molecule has 0 radical (unpaired) electrons. The van der Waals surface area contributed by atoms with Gasteiger partial charge in [-0.15, -0.1) is 0 Å². The highest BCUT2D eigenvalue weighted by Crippen LogP contribution is 2.16. The minimum absolute atomic E-state index is 0.0450. The van der Waals surface area contributed by atoms with Crippen LogP contribution in [0.2, 0.25) is 0 Å². The Balaban J connectivity index is 1.45. The van der Waals surface area contributed by atoms with Crippen LogP contribution in [0.3, 0.4) is 0 Å². The third kappa shape index (κ3) is 4.25. The van der Waals surface area contributed by atoms with E-state index in [-0.39, 0.29) is 5.91 Å². The topological polar surface area (TPSA) is 40.9 Å². The minimum atomic E-state index is 0.0450. The SMILES string of the molecule is CN(Cc1cnc2ccccn12)C(=O)c1cccc(CN2CCCCCC2)c1. The molecule has 5 heteroatoms. The summed E-state index contributed by atoms with van der Waals surface area (Å²) in [5.41, 5.74) is 3.88. The van der Waals surface area contributed by atoms with Gasteiger partial charge in [0.25, 0.3) is 5.91 Å². The fourth-order valence-corrected chi connectivity index (χ4v) is 3.99. The van der Waals surface area contributed by atoms with Crippen molar-refractivity contribution >= 4 is 11.6 Å². The van der Waals surface area contributed by atoms with Gasteiger partial charge in [0.1, 0.15) is 5.65 Å². The second kappa shape index (κ2) is 8.57. The van der Waals surface area contributed by atoms with Crippen LogP contribution in [0.4, 0.5) is 0 Å². The summed E-state index contributed by atoms with van der Waals surface area (Å²) in [6, 6.07) is 14.0. The molecule has 0 spiro atoms. The number of likely N-dealkylation sites (tertiary alicyclic amines) is 1. The molecule has 0 N–H and O–H groups in total. The Morgan fingerprint density at radius 2 is 1.89 bits per heavy atom. The summed E-state index contributed by atoms with van der Waals surface area (Å²) in [5, 5.41) is 0. The van der Waals surface area contributed by atoms with Crippen LogP contribution in [-0.2, 0) is 13.1 Å². The highest BCUT2D eigenvalue weighted by atomic mass is 16.2. The summed E-state index contributed by atoms with van der Waals surface area (Å²) in [6.45, 7) is 3.77.